The first kappa shape index (κ1) is 9.59. The molecule has 0 heterocycles. The van der Waals surface area contributed by atoms with E-state index in [0.29, 0.717) is 5.33 Å². The number of alkyl halides is 2. The van der Waals surface area contributed by atoms with Crippen molar-refractivity contribution >= 4 is 37.6 Å². The molecule has 0 bridgehead atoms. The molecule has 0 aliphatic carbocycles. The second-order valence-electron chi connectivity index (χ2n) is 1.73. The molecular formula is C5H8Br2O2. The van der Waals surface area contributed by atoms with Gasteiger partial charge in [0.1, 0.15) is 5.78 Å². The zero-order valence-electron chi connectivity index (χ0n) is 4.97. The van der Waals surface area contributed by atoms with Crippen LogP contribution >= 0.6 is 31.9 Å². The van der Waals surface area contributed by atoms with Crippen LogP contribution in [0.3, 0.4) is 0 Å². The van der Waals surface area contributed by atoms with E-state index in [0.717, 1.165) is 0 Å². The van der Waals surface area contributed by atoms with Crippen molar-refractivity contribution in [2.45, 2.75) is 17.9 Å². The average Bonchev–Trinajstić information content (AvgIpc) is 1.84. The van der Waals surface area contributed by atoms with Gasteiger partial charge in [-0.15, -0.1) is 0 Å². The molecule has 1 N–H and O–H groups in total. The SMILES string of the molecule is CC(=O)[C@@H](Br)[C@@H](O)CBr. The maximum absolute atomic E-state index is 10.5. The summed E-state index contributed by atoms with van der Waals surface area (Å²) in [6.45, 7) is 1.44. The molecule has 0 aliphatic heterocycles. The standard InChI is InChI=1S/C5H8Br2O2/c1-3(8)5(7)4(9)2-6/h4-5,9H,2H2,1H3/t4-,5+/m0/s1. The van der Waals surface area contributed by atoms with Crippen LogP contribution in [-0.2, 0) is 4.79 Å². The lowest BCUT2D eigenvalue weighted by atomic mass is 10.2. The van der Waals surface area contributed by atoms with Gasteiger partial charge >= 0.3 is 0 Å². The van der Waals surface area contributed by atoms with E-state index in [-0.39, 0.29) is 5.78 Å². The third-order valence-electron chi connectivity index (χ3n) is 0.884. The zero-order chi connectivity index (χ0) is 7.44. The van der Waals surface area contributed by atoms with Crippen LogP contribution in [0.5, 0.6) is 0 Å². The molecule has 9 heavy (non-hydrogen) atoms. The highest BCUT2D eigenvalue weighted by atomic mass is 79.9. The summed E-state index contributed by atoms with van der Waals surface area (Å²) >= 11 is 6.09. The first-order chi connectivity index (χ1) is 4.09. The van der Waals surface area contributed by atoms with E-state index in [1.165, 1.54) is 6.92 Å². The predicted octanol–water partition coefficient (Wildman–Crippen LogP) is 1.09. The molecule has 0 saturated carbocycles. The molecule has 4 heteroatoms. The lowest BCUT2D eigenvalue weighted by Crippen LogP contribution is -2.27. The molecule has 0 aromatic rings. The van der Waals surface area contributed by atoms with E-state index in [1.54, 1.807) is 0 Å². The van der Waals surface area contributed by atoms with Crippen molar-refractivity contribution in [1.29, 1.82) is 0 Å². The number of halogens is 2. The first-order valence-electron chi connectivity index (χ1n) is 2.48. The number of rotatable bonds is 3. The predicted molar refractivity (Wildman–Crippen MR) is 43.2 cm³/mol. The molecule has 0 fully saturated rings. The number of Topliss-reactive ketones (excluding diaryl/α,β-unsaturated/α-hetero) is 1. The Morgan fingerprint density at radius 1 is 1.78 bits per heavy atom. The van der Waals surface area contributed by atoms with Gasteiger partial charge in [0.2, 0.25) is 0 Å². The zero-order valence-corrected chi connectivity index (χ0v) is 8.15. The van der Waals surface area contributed by atoms with Crippen molar-refractivity contribution in [3.63, 3.8) is 0 Å². The Bertz CT molecular complexity index is 105. The Morgan fingerprint density at radius 3 is 2.33 bits per heavy atom. The van der Waals surface area contributed by atoms with Crippen molar-refractivity contribution < 1.29 is 9.90 Å². The lowest BCUT2D eigenvalue weighted by molar-refractivity contribution is -0.117. The van der Waals surface area contributed by atoms with Crippen LogP contribution in [0.25, 0.3) is 0 Å². The topological polar surface area (TPSA) is 37.3 Å². The minimum absolute atomic E-state index is 0.0537. The smallest absolute Gasteiger partial charge is 0.146 e. The number of carbonyl (C=O) groups excluding carboxylic acids is 1. The van der Waals surface area contributed by atoms with E-state index >= 15 is 0 Å². The Kier molecular flexibility index (Phi) is 4.70. The number of ketones is 1. The van der Waals surface area contributed by atoms with Crippen LogP contribution in [0.15, 0.2) is 0 Å². The van der Waals surface area contributed by atoms with Crippen LogP contribution in [-0.4, -0.2) is 27.2 Å². The highest BCUT2D eigenvalue weighted by molar-refractivity contribution is 9.10. The largest absolute Gasteiger partial charge is 0.391 e. The molecule has 0 amide bonds. The summed E-state index contributed by atoms with van der Waals surface area (Å²) in [5.41, 5.74) is 0. The molecular weight excluding hydrogens is 252 g/mol. The fourth-order valence-corrected chi connectivity index (χ4v) is 1.41. The van der Waals surface area contributed by atoms with Crippen molar-refractivity contribution in [3.8, 4) is 0 Å². The normalized spacial score (nSPS) is 16.9. The fourth-order valence-electron chi connectivity index (χ4n) is 0.349. The van der Waals surface area contributed by atoms with Crippen LogP contribution < -0.4 is 0 Å². The van der Waals surface area contributed by atoms with Crippen LogP contribution in [0.1, 0.15) is 6.92 Å². The molecule has 2 atom stereocenters. The Balaban J connectivity index is 3.72. The van der Waals surface area contributed by atoms with Crippen molar-refractivity contribution in [2.24, 2.45) is 0 Å². The van der Waals surface area contributed by atoms with Crippen molar-refractivity contribution in [1.82, 2.24) is 0 Å². The summed E-state index contributed by atoms with van der Waals surface area (Å²) in [7, 11) is 0. The molecule has 0 aliphatic rings. The molecule has 0 unspecified atom stereocenters. The molecule has 0 aromatic carbocycles. The van der Waals surface area contributed by atoms with E-state index in [9.17, 15) is 4.79 Å². The number of hydrogen-bond acceptors (Lipinski definition) is 2. The van der Waals surface area contributed by atoms with Gasteiger partial charge in [0.05, 0.1) is 10.9 Å². The van der Waals surface area contributed by atoms with Gasteiger partial charge in [-0.1, -0.05) is 31.9 Å². The molecule has 0 aromatic heterocycles. The molecule has 0 radical (unpaired) electrons. The summed E-state index contributed by atoms with van der Waals surface area (Å²) < 4.78 is 0. The van der Waals surface area contributed by atoms with E-state index in [4.69, 9.17) is 5.11 Å². The molecule has 54 valence electrons. The number of hydrogen-bond donors (Lipinski definition) is 1. The highest BCUT2D eigenvalue weighted by Gasteiger charge is 2.18. The van der Waals surface area contributed by atoms with E-state index < -0.39 is 10.9 Å². The maximum atomic E-state index is 10.5. The van der Waals surface area contributed by atoms with Crippen molar-refractivity contribution in [3.05, 3.63) is 0 Å². The second-order valence-corrected chi connectivity index (χ2v) is 3.37. The second kappa shape index (κ2) is 4.41. The van der Waals surface area contributed by atoms with Crippen LogP contribution in [0.4, 0.5) is 0 Å². The van der Waals surface area contributed by atoms with Gasteiger partial charge in [0.25, 0.3) is 0 Å². The third kappa shape index (κ3) is 3.33. The van der Waals surface area contributed by atoms with Gasteiger partial charge < -0.3 is 5.11 Å². The summed E-state index contributed by atoms with van der Waals surface area (Å²) in [6.07, 6.45) is -0.623. The monoisotopic (exact) mass is 258 g/mol. The molecule has 2 nitrogen and oxygen atoms in total. The molecule has 0 rings (SSSR count). The fraction of sp³-hybridized carbons (Fsp3) is 0.800. The maximum Gasteiger partial charge on any atom is 0.146 e. The van der Waals surface area contributed by atoms with E-state index in [1.807, 2.05) is 0 Å². The van der Waals surface area contributed by atoms with Gasteiger partial charge in [-0.3, -0.25) is 4.79 Å². The lowest BCUT2D eigenvalue weighted by Gasteiger charge is -2.09. The van der Waals surface area contributed by atoms with Gasteiger partial charge in [-0.25, -0.2) is 0 Å². The van der Waals surface area contributed by atoms with Gasteiger partial charge in [-0.2, -0.15) is 0 Å². The summed E-state index contributed by atoms with van der Waals surface area (Å²) in [5, 5.41) is 9.40. The van der Waals surface area contributed by atoms with Gasteiger partial charge in [0, 0.05) is 5.33 Å². The molecule has 0 saturated heterocycles. The number of aliphatic hydroxyl groups excluding tert-OH is 1. The number of carbonyl (C=O) groups is 1. The minimum Gasteiger partial charge on any atom is -0.391 e. The van der Waals surface area contributed by atoms with E-state index in [2.05, 4.69) is 31.9 Å². The van der Waals surface area contributed by atoms with Crippen molar-refractivity contribution in [2.75, 3.05) is 5.33 Å². The summed E-state index contributed by atoms with van der Waals surface area (Å²) in [4.78, 5) is 10.1. The third-order valence-corrected chi connectivity index (χ3v) is 2.80. The average molecular weight is 260 g/mol. The first-order valence-corrected chi connectivity index (χ1v) is 4.52. The summed E-state index contributed by atoms with van der Waals surface area (Å²) in [6, 6.07) is 0. The molecule has 0 spiro atoms. The van der Waals surface area contributed by atoms with Crippen LogP contribution in [0, 0.1) is 0 Å². The quantitative estimate of drug-likeness (QED) is 0.771. The summed E-state index contributed by atoms with van der Waals surface area (Å²) in [5.74, 6) is -0.0537. The van der Waals surface area contributed by atoms with Crippen LogP contribution in [0.2, 0.25) is 0 Å². The number of aliphatic hydroxyl groups is 1. The Hall–Kier alpha value is 0.590. The van der Waals surface area contributed by atoms with Gasteiger partial charge in [-0.05, 0) is 6.92 Å². The highest BCUT2D eigenvalue weighted by Crippen LogP contribution is 2.08. The Morgan fingerprint density at radius 2 is 2.22 bits per heavy atom. The minimum atomic E-state index is -0.623. The Labute approximate surface area is 70.9 Å². The van der Waals surface area contributed by atoms with Gasteiger partial charge in [0.15, 0.2) is 0 Å².